The van der Waals surface area contributed by atoms with Crippen molar-refractivity contribution in [2.75, 3.05) is 4.90 Å². The van der Waals surface area contributed by atoms with Gasteiger partial charge in [-0.25, -0.2) is 0 Å². The summed E-state index contributed by atoms with van der Waals surface area (Å²) >= 11 is 0. The molecule has 1 saturated heterocycles. The Morgan fingerprint density at radius 3 is 1.65 bits per heavy atom. The second-order valence-electron chi connectivity index (χ2n) is 11.8. The minimum absolute atomic E-state index is 0.102. The Hall–Kier alpha value is -3.34. The average molecular weight is 487 g/mol. The van der Waals surface area contributed by atoms with E-state index in [9.17, 15) is 0 Å². The summed E-state index contributed by atoms with van der Waals surface area (Å²) in [6, 6.07) is 34.8. The zero-order valence-corrected chi connectivity index (χ0v) is 22.6. The van der Waals surface area contributed by atoms with Gasteiger partial charge in [-0.2, -0.15) is 0 Å². The first kappa shape index (κ1) is 24.0. The lowest BCUT2D eigenvalue weighted by molar-refractivity contribution is 0.00578. The van der Waals surface area contributed by atoms with E-state index < -0.39 is 18.3 Å². The molecule has 4 heteroatoms. The van der Waals surface area contributed by atoms with E-state index in [1.54, 1.807) is 0 Å². The molecule has 0 aliphatic carbocycles. The third-order valence-electron chi connectivity index (χ3n) is 8.47. The summed E-state index contributed by atoms with van der Waals surface area (Å²) in [5, 5.41) is 0. The van der Waals surface area contributed by atoms with E-state index in [0.29, 0.717) is 0 Å². The van der Waals surface area contributed by atoms with E-state index in [2.05, 4.69) is 144 Å². The maximum atomic E-state index is 6.51. The summed E-state index contributed by atoms with van der Waals surface area (Å²) in [6.45, 7) is 13.1. The molecule has 1 fully saturated rings. The van der Waals surface area contributed by atoms with E-state index in [4.69, 9.17) is 9.31 Å². The number of nitrogens with zero attached hydrogens (tertiary/aromatic N) is 1. The van der Waals surface area contributed by atoms with Crippen LogP contribution in [-0.2, 0) is 14.7 Å². The molecular weight excluding hydrogens is 453 g/mol. The summed E-state index contributed by atoms with van der Waals surface area (Å²) < 4.78 is 13.0. The Balaban J connectivity index is 1.58. The molecule has 0 bridgehead atoms. The second kappa shape index (κ2) is 8.34. The van der Waals surface area contributed by atoms with E-state index >= 15 is 0 Å². The molecule has 0 atom stereocenters. The Morgan fingerprint density at radius 1 is 0.568 bits per heavy atom. The van der Waals surface area contributed by atoms with Crippen LogP contribution in [0.3, 0.4) is 0 Å². The third kappa shape index (κ3) is 3.82. The van der Waals surface area contributed by atoms with Crippen molar-refractivity contribution >= 4 is 29.6 Å². The second-order valence-corrected chi connectivity index (χ2v) is 11.8. The highest BCUT2D eigenvalue weighted by Gasteiger charge is 2.52. The number of rotatable bonds is 3. The number of anilines is 3. The van der Waals surface area contributed by atoms with Crippen LogP contribution in [0, 0.1) is 0 Å². The molecule has 3 nitrogen and oxygen atoms in total. The summed E-state index contributed by atoms with van der Waals surface area (Å²) in [5.41, 5.74) is 8.55. The molecule has 0 N–H and O–H groups in total. The van der Waals surface area contributed by atoms with E-state index in [1.165, 1.54) is 28.1 Å². The van der Waals surface area contributed by atoms with Crippen molar-refractivity contribution in [1.82, 2.24) is 0 Å². The zero-order valence-electron chi connectivity index (χ0n) is 22.6. The van der Waals surface area contributed by atoms with Crippen molar-refractivity contribution in [2.24, 2.45) is 0 Å². The van der Waals surface area contributed by atoms with Gasteiger partial charge in [-0.3, -0.25) is 0 Å². The average Bonchev–Trinajstić information content (AvgIpc) is 3.11. The van der Waals surface area contributed by atoms with Crippen LogP contribution >= 0.6 is 0 Å². The lowest BCUT2D eigenvalue weighted by Crippen LogP contribution is -2.41. The van der Waals surface area contributed by atoms with Crippen LogP contribution in [0.25, 0.3) is 11.1 Å². The van der Waals surface area contributed by atoms with E-state index in [-0.39, 0.29) is 5.41 Å². The molecular formula is C33H34BNO2. The van der Waals surface area contributed by atoms with Crippen LogP contribution in [0.15, 0.2) is 97.1 Å². The smallest absolute Gasteiger partial charge is 0.399 e. The number of benzene rings is 4. The topological polar surface area (TPSA) is 21.7 Å². The van der Waals surface area contributed by atoms with Gasteiger partial charge in [0.15, 0.2) is 0 Å². The molecule has 6 rings (SSSR count). The van der Waals surface area contributed by atoms with Crippen molar-refractivity contribution < 1.29 is 9.31 Å². The molecule has 0 unspecified atom stereocenters. The van der Waals surface area contributed by atoms with Gasteiger partial charge in [0.25, 0.3) is 0 Å². The quantitative estimate of drug-likeness (QED) is 0.276. The number of hydrogen-bond donors (Lipinski definition) is 0. The Bertz CT molecular complexity index is 1410. The highest BCUT2D eigenvalue weighted by Crippen LogP contribution is 2.51. The maximum absolute atomic E-state index is 6.51. The zero-order chi connectivity index (χ0) is 26.0. The SMILES string of the molecule is CC1(C)c2ccccc2N(c2cc(B3OC(C)(C)C(C)(C)O3)cc(-c3ccccc3)c2)c2ccccc21. The largest absolute Gasteiger partial charge is 0.494 e. The van der Waals surface area contributed by atoms with Crippen LogP contribution < -0.4 is 10.4 Å². The Kier molecular flexibility index (Phi) is 5.42. The van der Waals surface area contributed by atoms with E-state index in [0.717, 1.165) is 16.7 Å². The minimum atomic E-state index is -0.445. The molecule has 0 radical (unpaired) electrons. The number of hydrogen-bond acceptors (Lipinski definition) is 3. The van der Waals surface area contributed by atoms with Crippen LogP contribution in [-0.4, -0.2) is 18.3 Å². The van der Waals surface area contributed by atoms with Crippen molar-refractivity contribution in [1.29, 1.82) is 0 Å². The normalized spacial score (nSPS) is 18.9. The first-order chi connectivity index (χ1) is 17.6. The molecule has 186 valence electrons. The third-order valence-corrected chi connectivity index (χ3v) is 8.47. The summed E-state index contributed by atoms with van der Waals surface area (Å²) in [7, 11) is -0.445. The molecule has 2 aliphatic heterocycles. The number of fused-ring (bicyclic) bond motifs is 2. The van der Waals surface area contributed by atoms with Gasteiger partial charge >= 0.3 is 7.12 Å². The molecule has 0 saturated carbocycles. The predicted octanol–water partition coefficient (Wildman–Crippen LogP) is 7.76. The van der Waals surface area contributed by atoms with Crippen molar-refractivity contribution in [3.8, 4) is 11.1 Å². The molecule has 0 spiro atoms. The van der Waals surface area contributed by atoms with Gasteiger partial charge in [0, 0.05) is 11.1 Å². The monoisotopic (exact) mass is 487 g/mol. The summed E-state index contributed by atoms with van der Waals surface area (Å²) in [4.78, 5) is 2.40. The van der Waals surface area contributed by atoms with Gasteiger partial charge in [0.1, 0.15) is 0 Å². The highest BCUT2D eigenvalue weighted by molar-refractivity contribution is 6.62. The first-order valence-corrected chi connectivity index (χ1v) is 13.1. The van der Waals surface area contributed by atoms with Crippen LogP contribution in [0.2, 0.25) is 0 Å². The van der Waals surface area contributed by atoms with Crippen LogP contribution in [0.4, 0.5) is 17.1 Å². The summed E-state index contributed by atoms with van der Waals surface area (Å²) in [6.07, 6.45) is 0. The molecule has 2 heterocycles. The summed E-state index contributed by atoms with van der Waals surface area (Å²) in [5.74, 6) is 0. The van der Waals surface area contributed by atoms with Crippen LogP contribution in [0.5, 0.6) is 0 Å². The van der Waals surface area contributed by atoms with E-state index in [1.807, 2.05) is 0 Å². The fourth-order valence-electron chi connectivity index (χ4n) is 5.62. The van der Waals surface area contributed by atoms with Crippen molar-refractivity contribution in [3.05, 3.63) is 108 Å². The van der Waals surface area contributed by atoms with Gasteiger partial charge in [-0.1, -0.05) is 86.6 Å². The lowest BCUT2D eigenvalue weighted by atomic mass is 9.73. The minimum Gasteiger partial charge on any atom is -0.399 e. The van der Waals surface area contributed by atoms with Crippen molar-refractivity contribution in [2.45, 2.75) is 58.2 Å². The Morgan fingerprint density at radius 2 is 1.08 bits per heavy atom. The fraction of sp³-hybridized carbons (Fsp3) is 0.273. The first-order valence-electron chi connectivity index (χ1n) is 13.1. The maximum Gasteiger partial charge on any atom is 0.494 e. The molecule has 2 aliphatic rings. The molecule has 37 heavy (non-hydrogen) atoms. The van der Waals surface area contributed by atoms with Gasteiger partial charge in [-0.05, 0) is 79.7 Å². The van der Waals surface area contributed by atoms with Gasteiger partial charge in [-0.15, -0.1) is 0 Å². The van der Waals surface area contributed by atoms with Gasteiger partial charge in [0.05, 0.1) is 22.6 Å². The number of para-hydroxylation sites is 2. The van der Waals surface area contributed by atoms with Gasteiger partial charge in [0.2, 0.25) is 0 Å². The highest BCUT2D eigenvalue weighted by atomic mass is 16.7. The molecule has 0 amide bonds. The fourth-order valence-corrected chi connectivity index (χ4v) is 5.62. The van der Waals surface area contributed by atoms with Crippen LogP contribution in [0.1, 0.15) is 52.7 Å². The standard InChI is InChI=1S/C33H34BNO2/c1-31(2)27-16-10-12-18-29(27)35(30-19-13-11-17-28(30)31)26-21-24(23-14-8-7-9-15-23)20-25(22-26)34-36-32(3,4)33(5,6)37-34/h7-22H,1-6H3. The molecule has 4 aromatic rings. The lowest BCUT2D eigenvalue weighted by Gasteiger charge is -2.42. The predicted molar refractivity (Wildman–Crippen MR) is 154 cm³/mol. The Labute approximate surface area is 221 Å². The van der Waals surface area contributed by atoms with Crippen molar-refractivity contribution in [3.63, 3.8) is 0 Å². The molecule has 4 aromatic carbocycles. The van der Waals surface area contributed by atoms with Gasteiger partial charge < -0.3 is 14.2 Å². The molecule has 0 aromatic heterocycles.